The fourth-order valence-corrected chi connectivity index (χ4v) is 1.45. The lowest BCUT2D eigenvalue weighted by Gasteiger charge is -2.19. The zero-order valence-corrected chi connectivity index (χ0v) is 8.00. The first kappa shape index (κ1) is 9.32. The maximum absolute atomic E-state index is 11.1. The van der Waals surface area contributed by atoms with Crippen molar-refractivity contribution in [2.75, 3.05) is 13.3 Å². The number of allylic oxidation sites excluding steroid dienone is 3. The Kier molecular flexibility index (Phi) is 2.57. The molecule has 1 rings (SSSR count). The minimum atomic E-state index is -3.10. The minimum Gasteiger partial charge on any atom is -0.274 e. The average Bonchev–Trinajstić information content (AvgIpc) is 2.03. The highest BCUT2D eigenvalue weighted by molar-refractivity contribution is 7.88. The number of hydrogen-bond donors (Lipinski definition) is 0. The lowest BCUT2D eigenvalue weighted by atomic mass is 10.1. The van der Waals surface area contributed by atoms with E-state index >= 15 is 0 Å². The summed E-state index contributed by atoms with van der Waals surface area (Å²) in [6.07, 6.45) is 9.48. The number of sulfonamides is 1. The maximum Gasteiger partial charge on any atom is 0.231 e. The maximum atomic E-state index is 11.1. The van der Waals surface area contributed by atoms with Crippen molar-refractivity contribution in [3.63, 3.8) is 0 Å². The molecule has 12 heavy (non-hydrogen) atoms. The molecule has 0 spiro atoms. The summed E-state index contributed by atoms with van der Waals surface area (Å²) >= 11 is 0. The van der Waals surface area contributed by atoms with Gasteiger partial charge < -0.3 is 0 Å². The van der Waals surface area contributed by atoms with Gasteiger partial charge in [0.25, 0.3) is 0 Å². The highest BCUT2D eigenvalue weighted by Crippen LogP contribution is 2.14. The summed E-state index contributed by atoms with van der Waals surface area (Å²) in [5.41, 5.74) is 0.736. The summed E-state index contributed by atoms with van der Waals surface area (Å²) in [5.74, 6) is 0. The second-order valence-electron chi connectivity index (χ2n) is 2.69. The molecule has 0 aromatic rings. The molecule has 0 bridgehead atoms. The first-order valence-corrected chi connectivity index (χ1v) is 5.50. The fraction of sp³-hybridized carbons (Fsp3) is 0.375. The third-order valence-electron chi connectivity index (χ3n) is 1.73. The van der Waals surface area contributed by atoms with E-state index in [2.05, 4.69) is 0 Å². The van der Waals surface area contributed by atoms with Crippen LogP contribution < -0.4 is 0 Å². The van der Waals surface area contributed by atoms with Crippen LogP contribution in [0, 0.1) is 6.42 Å². The Bertz CT molecular complexity index is 314. The van der Waals surface area contributed by atoms with Crippen molar-refractivity contribution in [3.8, 4) is 0 Å². The molecule has 1 aliphatic rings. The van der Waals surface area contributed by atoms with Gasteiger partial charge in [-0.25, -0.2) is 8.42 Å². The molecule has 0 aromatic heterocycles. The topological polar surface area (TPSA) is 37.4 Å². The standard InChI is InChI=1S/C8H12NO2S/c1-9(12(2,10)11)8-6-4-3-5-7-8/h3-4,6-7H,5H2,1-2H3. The van der Waals surface area contributed by atoms with Crippen molar-refractivity contribution < 1.29 is 8.42 Å². The van der Waals surface area contributed by atoms with Gasteiger partial charge in [0.2, 0.25) is 10.0 Å². The van der Waals surface area contributed by atoms with Crippen LogP contribution in [0.3, 0.4) is 0 Å². The van der Waals surface area contributed by atoms with Crippen molar-refractivity contribution in [1.82, 2.24) is 4.31 Å². The van der Waals surface area contributed by atoms with Gasteiger partial charge >= 0.3 is 0 Å². The predicted octanol–water partition coefficient (Wildman–Crippen LogP) is 0.926. The molecule has 1 radical (unpaired) electrons. The van der Waals surface area contributed by atoms with E-state index in [1.165, 1.54) is 10.6 Å². The Morgan fingerprint density at radius 2 is 2.17 bits per heavy atom. The van der Waals surface area contributed by atoms with E-state index in [1.54, 1.807) is 13.1 Å². The molecule has 0 aliphatic heterocycles. The van der Waals surface area contributed by atoms with Crippen molar-refractivity contribution in [1.29, 1.82) is 0 Å². The molecule has 4 heteroatoms. The van der Waals surface area contributed by atoms with Gasteiger partial charge in [0.1, 0.15) is 0 Å². The van der Waals surface area contributed by atoms with Gasteiger partial charge in [-0.3, -0.25) is 4.31 Å². The zero-order chi connectivity index (χ0) is 9.19. The molecular weight excluding hydrogens is 174 g/mol. The predicted molar refractivity (Wildman–Crippen MR) is 48.7 cm³/mol. The van der Waals surface area contributed by atoms with Crippen LogP contribution in [0.1, 0.15) is 6.42 Å². The summed E-state index contributed by atoms with van der Waals surface area (Å²) in [4.78, 5) is 0. The highest BCUT2D eigenvalue weighted by atomic mass is 32.2. The molecule has 0 saturated carbocycles. The summed E-state index contributed by atoms with van der Waals surface area (Å²) < 4.78 is 23.4. The molecule has 0 atom stereocenters. The van der Waals surface area contributed by atoms with Gasteiger partial charge in [0, 0.05) is 12.7 Å². The van der Waals surface area contributed by atoms with Gasteiger partial charge in [-0.15, -0.1) is 0 Å². The lowest BCUT2D eigenvalue weighted by Crippen LogP contribution is -2.24. The quantitative estimate of drug-likeness (QED) is 0.643. The Labute approximate surface area is 73.4 Å². The van der Waals surface area contributed by atoms with Gasteiger partial charge in [-0.1, -0.05) is 12.2 Å². The van der Waals surface area contributed by atoms with Crippen LogP contribution in [0.2, 0.25) is 0 Å². The highest BCUT2D eigenvalue weighted by Gasteiger charge is 2.12. The number of likely N-dealkylation sites (N-methyl/N-ethyl adjacent to an activating group) is 1. The van der Waals surface area contributed by atoms with Crippen LogP contribution in [0.5, 0.6) is 0 Å². The van der Waals surface area contributed by atoms with Crippen LogP contribution in [0.15, 0.2) is 23.9 Å². The van der Waals surface area contributed by atoms with Gasteiger partial charge in [-0.05, 0) is 18.9 Å². The van der Waals surface area contributed by atoms with Crippen LogP contribution >= 0.6 is 0 Å². The van der Waals surface area contributed by atoms with Crippen LogP contribution in [-0.4, -0.2) is 26.0 Å². The molecule has 0 unspecified atom stereocenters. The zero-order valence-electron chi connectivity index (χ0n) is 7.19. The fourth-order valence-electron chi connectivity index (χ4n) is 0.927. The van der Waals surface area contributed by atoms with Gasteiger partial charge in [0.05, 0.1) is 6.26 Å². The molecule has 0 saturated heterocycles. The monoisotopic (exact) mass is 186 g/mol. The number of nitrogens with zero attached hydrogens (tertiary/aromatic N) is 1. The second kappa shape index (κ2) is 3.31. The van der Waals surface area contributed by atoms with E-state index in [1.807, 2.05) is 18.6 Å². The van der Waals surface area contributed by atoms with E-state index in [0.29, 0.717) is 0 Å². The first-order chi connectivity index (χ1) is 5.52. The molecule has 0 heterocycles. The average molecular weight is 186 g/mol. The first-order valence-electron chi connectivity index (χ1n) is 3.66. The summed E-state index contributed by atoms with van der Waals surface area (Å²) in [6, 6.07) is 0. The third-order valence-corrected chi connectivity index (χ3v) is 2.93. The summed E-state index contributed by atoms with van der Waals surface area (Å²) in [6.45, 7) is 0. The molecule has 0 aromatic carbocycles. The van der Waals surface area contributed by atoms with E-state index in [9.17, 15) is 8.42 Å². The van der Waals surface area contributed by atoms with Crippen LogP contribution in [-0.2, 0) is 10.0 Å². The molecular formula is C8H12NO2S. The van der Waals surface area contributed by atoms with E-state index in [0.717, 1.165) is 12.1 Å². The van der Waals surface area contributed by atoms with E-state index < -0.39 is 10.0 Å². The third kappa shape index (κ3) is 2.11. The Morgan fingerprint density at radius 3 is 2.58 bits per heavy atom. The van der Waals surface area contributed by atoms with Crippen LogP contribution in [0.25, 0.3) is 0 Å². The van der Waals surface area contributed by atoms with Crippen molar-refractivity contribution in [3.05, 3.63) is 30.3 Å². The summed E-state index contributed by atoms with van der Waals surface area (Å²) in [7, 11) is -1.55. The SMILES string of the molecule is CN(C1=CC[CH]C=C1)S(C)(=O)=O. The number of rotatable bonds is 2. The van der Waals surface area contributed by atoms with Crippen molar-refractivity contribution in [2.45, 2.75) is 6.42 Å². The smallest absolute Gasteiger partial charge is 0.231 e. The molecule has 3 nitrogen and oxygen atoms in total. The largest absolute Gasteiger partial charge is 0.274 e. The molecule has 1 aliphatic carbocycles. The summed E-state index contributed by atoms with van der Waals surface area (Å²) in [5, 5.41) is 0. The second-order valence-corrected chi connectivity index (χ2v) is 4.70. The Hall–Kier alpha value is -0.770. The van der Waals surface area contributed by atoms with Crippen LogP contribution in [0.4, 0.5) is 0 Å². The van der Waals surface area contributed by atoms with E-state index in [-0.39, 0.29) is 0 Å². The minimum absolute atomic E-state index is 0.736. The van der Waals surface area contributed by atoms with Gasteiger partial charge in [-0.2, -0.15) is 0 Å². The Balaban J connectivity index is 2.84. The van der Waals surface area contributed by atoms with E-state index in [4.69, 9.17) is 0 Å². The molecule has 0 fully saturated rings. The molecule has 67 valence electrons. The van der Waals surface area contributed by atoms with Gasteiger partial charge in [0.15, 0.2) is 0 Å². The lowest BCUT2D eigenvalue weighted by molar-refractivity contribution is 0.535. The number of hydrogen-bond acceptors (Lipinski definition) is 2. The van der Waals surface area contributed by atoms with Crippen molar-refractivity contribution in [2.24, 2.45) is 0 Å². The molecule has 0 N–H and O–H groups in total. The van der Waals surface area contributed by atoms with Crippen molar-refractivity contribution >= 4 is 10.0 Å². The molecule has 0 amide bonds. The Morgan fingerprint density at radius 1 is 1.50 bits per heavy atom. The normalized spacial score (nSPS) is 17.3.